The van der Waals surface area contributed by atoms with Gasteiger partial charge in [0.05, 0.1) is 17.3 Å². The van der Waals surface area contributed by atoms with Crippen LogP contribution in [0.1, 0.15) is 24.3 Å². The van der Waals surface area contributed by atoms with Crippen LogP contribution in [0.15, 0.2) is 27.6 Å². The van der Waals surface area contributed by atoms with E-state index in [-0.39, 0.29) is 5.56 Å². The molecule has 0 fully saturated rings. The zero-order chi connectivity index (χ0) is 13.5. The smallest absolute Gasteiger partial charge is 0.276 e. The first-order valence-corrected chi connectivity index (χ1v) is 6.55. The van der Waals surface area contributed by atoms with E-state index in [9.17, 15) is 4.79 Å². The summed E-state index contributed by atoms with van der Waals surface area (Å²) in [5, 5.41) is 5.84. The van der Waals surface area contributed by atoms with Crippen LogP contribution in [0, 0.1) is 0 Å². The van der Waals surface area contributed by atoms with E-state index >= 15 is 0 Å². The number of H-pyrrole nitrogens is 1. The van der Waals surface area contributed by atoms with Crippen LogP contribution < -0.4 is 16.3 Å². The number of aryl methyl sites for hydroxylation is 1. The fourth-order valence-corrected chi connectivity index (χ4v) is 2.44. The molecule has 0 radical (unpaired) electrons. The normalized spacial score (nSPS) is 15.3. The van der Waals surface area contributed by atoms with Crippen molar-refractivity contribution in [3.8, 4) is 0 Å². The van der Waals surface area contributed by atoms with Gasteiger partial charge in [0.25, 0.3) is 5.56 Å². The van der Waals surface area contributed by atoms with Crippen LogP contribution in [0.4, 0.5) is 0 Å². The molecular formula is C14H12N4O2. The lowest BCUT2D eigenvalue weighted by atomic mass is 10.1. The third-order valence-corrected chi connectivity index (χ3v) is 3.41. The number of aromatic amines is 1. The van der Waals surface area contributed by atoms with Gasteiger partial charge in [-0.1, -0.05) is 6.08 Å². The van der Waals surface area contributed by atoms with Crippen molar-refractivity contribution in [1.82, 2.24) is 19.6 Å². The van der Waals surface area contributed by atoms with Crippen LogP contribution in [0.25, 0.3) is 17.9 Å². The Hall–Kier alpha value is -2.63. The Morgan fingerprint density at radius 1 is 1.45 bits per heavy atom. The van der Waals surface area contributed by atoms with Gasteiger partial charge in [0.1, 0.15) is 11.1 Å². The Morgan fingerprint density at radius 3 is 3.25 bits per heavy atom. The lowest BCUT2D eigenvalue weighted by Crippen LogP contribution is -2.30. The second kappa shape index (κ2) is 4.19. The fourth-order valence-electron chi connectivity index (χ4n) is 2.44. The average molecular weight is 268 g/mol. The van der Waals surface area contributed by atoms with Gasteiger partial charge >= 0.3 is 0 Å². The van der Waals surface area contributed by atoms with Gasteiger partial charge in [-0.25, -0.2) is 4.98 Å². The van der Waals surface area contributed by atoms with E-state index in [0.29, 0.717) is 16.9 Å². The highest BCUT2D eigenvalue weighted by Crippen LogP contribution is 2.03. The fraction of sp³-hybridized carbons (Fsp3) is 0.214. The maximum absolute atomic E-state index is 12.0. The molecule has 0 spiro atoms. The lowest BCUT2D eigenvalue weighted by Gasteiger charge is -2.06. The first-order valence-electron chi connectivity index (χ1n) is 6.55. The minimum absolute atomic E-state index is 0.219. The Kier molecular flexibility index (Phi) is 2.35. The molecule has 1 aliphatic rings. The second-order valence-corrected chi connectivity index (χ2v) is 4.77. The summed E-state index contributed by atoms with van der Waals surface area (Å²) in [6, 6.07) is 3.57. The molecule has 20 heavy (non-hydrogen) atoms. The quantitative estimate of drug-likeness (QED) is 0.671. The lowest BCUT2D eigenvalue weighted by molar-refractivity contribution is 0.556. The molecule has 3 aromatic rings. The average Bonchev–Trinajstić information content (AvgIpc) is 3.06. The van der Waals surface area contributed by atoms with Crippen molar-refractivity contribution in [3.05, 3.63) is 50.9 Å². The predicted molar refractivity (Wildman–Crippen MR) is 72.5 cm³/mol. The number of hydrogen-bond donors (Lipinski definition) is 1. The van der Waals surface area contributed by atoms with Crippen molar-refractivity contribution in [3.63, 3.8) is 0 Å². The molecule has 0 saturated heterocycles. The standard InChI is InChI=1S/C14H12N4O2/c19-13-12(8-9-4-3-7-20-9)18-14(16-13)15-10-5-1-2-6-11(10)17-18/h3-5,7-8H,1-2,6H2,(H,15,16,19)/b12-8+. The molecule has 3 heterocycles. The van der Waals surface area contributed by atoms with Crippen LogP contribution in [-0.2, 0) is 6.42 Å². The number of furan rings is 1. The summed E-state index contributed by atoms with van der Waals surface area (Å²) < 4.78 is 6.81. The molecular weight excluding hydrogens is 256 g/mol. The van der Waals surface area contributed by atoms with E-state index in [1.165, 1.54) is 0 Å². The van der Waals surface area contributed by atoms with Crippen molar-refractivity contribution in [1.29, 1.82) is 0 Å². The summed E-state index contributed by atoms with van der Waals surface area (Å²) in [7, 11) is 0. The SMILES string of the molecule is O=c1[nH]c2nc3c(nn2/c1=C/c1ccco1)CCCC=3. The van der Waals surface area contributed by atoms with Crippen LogP contribution >= 0.6 is 0 Å². The van der Waals surface area contributed by atoms with Crippen LogP contribution in [0.3, 0.4) is 0 Å². The first-order chi connectivity index (χ1) is 9.81. The van der Waals surface area contributed by atoms with Gasteiger partial charge in [0.15, 0.2) is 0 Å². The molecule has 1 aliphatic carbocycles. The number of fused-ring (bicyclic) bond motifs is 2. The van der Waals surface area contributed by atoms with Gasteiger partial charge in [-0.2, -0.15) is 9.61 Å². The summed E-state index contributed by atoms with van der Waals surface area (Å²) >= 11 is 0. The minimum Gasteiger partial charge on any atom is -0.465 e. The Balaban J connectivity index is 2.07. The number of aromatic nitrogens is 4. The predicted octanol–water partition coefficient (Wildman–Crippen LogP) is -0.0438. The van der Waals surface area contributed by atoms with Gasteiger partial charge in [0.2, 0.25) is 5.78 Å². The van der Waals surface area contributed by atoms with Crippen LogP contribution in [-0.4, -0.2) is 19.6 Å². The highest BCUT2D eigenvalue weighted by atomic mass is 16.3. The van der Waals surface area contributed by atoms with E-state index in [1.807, 2.05) is 0 Å². The molecule has 0 unspecified atom stereocenters. The van der Waals surface area contributed by atoms with Crippen LogP contribution in [0.2, 0.25) is 0 Å². The van der Waals surface area contributed by atoms with E-state index < -0.39 is 0 Å². The van der Waals surface area contributed by atoms with Gasteiger partial charge in [-0.15, -0.1) is 0 Å². The molecule has 0 aliphatic heterocycles. The molecule has 0 amide bonds. The number of rotatable bonds is 1. The van der Waals surface area contributed by atoms with Crippen molar-refractivity contribution >= 4 is 17.9 Å². The molecule has 0 saturated carbocycles. The van der Waals surface area contributed by atoms with Crippen molar-refractivity contribution in [2.45, 2.75) is 19.3 Å². The molecule has 6 nitrogen and oxygen atoms in total. The maximum Gasteiger partial charge on any atom is 0.276 e. The highest BCUT2D eigenvalue weighted by Gasteiger charge is 2.10. The van der Waals surface area contributed by atoms with Gasteiger partial charge in [-0.05, 0) is 31.4 Å². The summed E-state index contributed by atoms with van der Waals surface area (Å²) in [5.74, 6) is 1.08. The molecule has 0 bridgehead atoms. The monoisotopic (exact) mass is 268 g/mol. The summed E-state index contributed by atoms with van der Waals surface area (Å²) in [6.07, 6.45) is 8.26. The van der Waals surface area contributed by atoms with Crippen molar-refractivity contribution in [2.24, 2.45) is 0 Å². The van der Waals surface area contributed by atoms with Crippen LogP contribution in [0.5, 0.6) is 0 Å². The Morgan fingerprint density at radius 2 is 2.40 bits per heavy atom. The second-order valence-electron chi connectivity index (χ2n) is 4.77. The van der Waals surface area contributed by atoms with Gasteiger partial charge in [-0.3, -0.25) is 9.78 Å². The van der Waals surface area contributed by atoms with Crippen molar-refractivity contribution < 1.29 is 4.42 Å². The summed E-state index contributed by atoms with van der Waals surface area (Å²) in [5.41, 5.74) is 0.714. The maximum atomic E-state index is 12.0. The largest absolute Gasteiger partial charge is 0.465 e. The minimum atomic E-state index is -0.219. The number of nitrogens with zero attached hydrogens (tertiary/aromatic N) is 3. The third-order valence-electron chi connectivity index (χ3n) is 3.41. The molecule has 4 rings (SSSR count). The Bertz CT molecular complexity index is 948. The third kappa shape index (κ3) is 1.69. The number of hydrogen-bond acceptors (Lipinski definition) is 4. The molecule has 0 atom stereocenters. The first kappa shape index (κ1) is 11.2. The van der Waals surface area contributed by atoms with E-state index in [4.69, 9.17) is 4.42 Å². The van der Waals surface area contributed by atoms with E-state index in [2.05, 4.69) is 21.1 Å². The highest BCUT2D eigenvalue weighted by molar-refractivity contribution is 5.43. The number of nitrogens with one attached hydrogen (secondary N) is 1. The molecule has 1 N–H and O–H groups in total. The van der Waals surface area contributed by atoms with Gasteiger partial charge in [0, 0.05) is 6.08 Å². The molecule has 6 heteroatoms. The van der Waals surface area contributed by atoms with E-state index in [1.54, 1.807) is 29.0 Å². The van der Waals surface area contributed by atoms with Gasteiger partial charge < -0.3 is 4.42 Å². The van der Waals surface area contributed by atoms with E-state index in [0.717, 1.165) is 30.3 Å². The summed E-state index contributed by atoms with van der Waals surface area (Å²) in [6.45, 7) is 0. The zero-order valence-electron chi connectivity index (χ0n) is 10.7. The van der Waals surface area contributed by atoms with Crippen molar-refractivity contribution in [2.75, 3.05) is 0 Å². The summed E-state index contributed by atoms with van der Waals surface area (Å²) in [4.78, 5) is 19.2. The zero-order valence-corrected chi connectivity index (χ0v) is 10.7. The Labute approximate surface area is 113 Å². The topological polar surface area (TPSA) is 76.2 Å². The molecule has 100 valence electrons. The number of imidazole rings is 1. The molecule has 3 aromatic heterocycles. The molecule has 0 aromatic carbocycles.